The molecule has 2 aliphatic rings. The van der Waals surface area contributed by atoms with Crippen molar-refractivity contribution in [2.75, 3.05) is 46.9 Å². The number of nitrogens with zero attached hydrogens (tertiary/aromatic N) is 3. The van der Waals surface area contributed by atoms with Crippen LogP contribution in [0.5, 0.6) is 5.75 Å². The van der Waals surface area contributed by atoms with Crippen LogP contribution in [0.15, 0.2) is 18.2 Å². The normalized spacial score (nSPS) is 18.5. The quantitative estimate of drug-likeness (QED) is 0.771. The van der Waals surface area contributed by atoms with Crippen molar-refractivity contribution < 1.29 is 17.9 Å². The van der Waals surface area contributed by atoms with E-state index in [1.165, 1.54) is 22.7 Å². The molecule has 24 heavy (non-hydrogen) atoms. The second kappa shape index (κ2) is 6.70. The fraction of sp³-hybridized carbons (Fsp3) is 0.562. The van der Waals surface area contributed by atoms with Crippen LogP contribution in [0.4, 0.5) is 0 Å². The number of amides is 1. The van der Waals surface area contributed by atoms with Crippen molar-refractivity contribution in [3.05, 3.63) is 29.3 Å². The number of fused-ring (bicyclic) bond motifs is 1. The summed E-state index contributed by atoms with van der Waals surface area (Å²) in [4.78, 5) is 14.2. The van der Waals surface area contributed by atoms with E-state index in [0.717, 1.165) is 23.3 Å². The Bertz CT molecular complexity index is 725. The van der Waals surface area contributed by atoms with Gasteiger partial charge >= 0.3 is 0 Å². The van der Waals surface area contributed by atoms with Gasteiger partial charge < -0.3 is 9.64 Å². The number of carbonyl (C=O) groups excluding carboxylic acids is 1. The van der Waals surface area contributed by atoms with Crippen LogP contribution in [-0.4, -0.2) is 74.7 Å². The Kier molecular flexibility index (Phi) is 4.80. The molecular weight excluding hydrogens is 330 g/mol. The molecule has 0 unspecified atom stereocenters. The molecule has 3 rings (SSSR count). The molecule has 8 heteroatoms. The smallest absolute Gasteiger partial charge is 0.281 e. The van der Waals surface area contributed by atoms with E-state index < -0.39 is 10.2 Å². The van der Waals surface area contributed by atoms with Crippen molar-refractivity contribution in [3.8, 4) is 5.75 Å². The molecule has 132 valence electrons. The molecule has 0 bridgehead atoms. The van der Waals surface area contributed by atoms with E-state index in [1.807, 2.05) is 18.2 Å². The van der Waals surface area contributed by atoms with Gasteiger partial charge in [0, 0.05) is 46.7 Å². The number of carbonyl (C=O) groups is 1. The highest BCUT2D eigenvalue weighted by Crippen LogP contribution is 2.26. The molecular formula is C16H23N3O4S. The number of hydrogen-bond acceptors (Lipinski definition) is 4. The van der Waals surface area contributed by atoms with Crippen molar-refractivity contribution in [3.63, 3.8) is 0 Å². The predicted molar refractivity (Wildman–Crippen MR) is 90.1 cm³/mol. The van der Waals surface area contributed by atoms with Crippen LogP contribution in [0.2, 0.25) is 0 Å². The van der Waals surface area contributed by atoms with Crippen LogP contribution in [0.1, 0.15) is 11.1 Å². The second-order valence-electron chi connectivity index (χ2n) is 6.29. The van der Waals surface area contributed by atoms with Crippen molar-refractivity contribution in [2.24, 2.45) is 0 Å². The molecule has 0 aliphatic carbocycles. The molecule has 0 aromatic heterocycles. The minimum Gasteiger partial charge on any atom is -0.493 e. The number of hydrogen-bond donors (Lipinski definition) is 0. The van der Waals surface area contributed by atoms with Gasteiger partial charge in [0.05, 0.1) is 13.0 Å². The lowest BCUT2D eigenvalue weighted by Crippen LogP contribution is -2.53. The first-order chi connectivity index (χ1) is 11.4. The van der Waals surface area contributed by atoms with Crippen LogP contribution in [0.25, 0.3) is 0 Å². The molecule has 1 fully saturated rings. The molecule has 7 nitrogen and oxygen atoms in total. The van der Waals surface area contributed by atoms with Crippen molar-refractivity contribution >= 4 is 16.1 Å². The maximum atomic E-state index is 12.5. The minimum absolute atomic E-state index is 0.0377. The monoisotopic (exact) mass is 353 g/mol. The Morgan fingerprint density at radius 3 is 2.58 bits per heavy atom. The number of rotatable bonds is 4. The SMILES string of the molecule is CN(C)S(=O)(=O)N1CCN(C(=O)Cc2ccc3c(c2)CCO3)CC1. The Morgan fingerprint density at radius 1 is 1.21 bits per heavy atom. The van der Waals surface area contributed by atoms with Crippen LogP contribution in [0, 0.1) is 0 Å². The molecule has 1 aromatic rings. The minimum atomic E-state index is -3.40. The van der Waals surface area contributed by atoms with Gasteiger partial charge in [-0.1, -0.05) is 12.1 Å². The van der Waals surface area contributed by atoms with Gasteiger partial charge in [-0.15, -0.1) is 0 Å². The molecule has 2 aliphatic heterocycles. The van der Waals surface area contributed by atoms with Gasteiger partial charge in [0.15, 0.2) is 0 Å². The third-order valence-electron chi connectivity index (χ3n) is 4.49. The summed E-state index contributed by atoms with van der Waals surface area (Å²) in [5, 5.41) is 0. The number of ether oxygens (including phenoxy) is 1. The van der Waals surface area contributed by atoms with Gasteiger partial charge in [0.25, 0.3) is 10.2 Å². The highest BCUT2D eigenvalue weighted by atomic mass is 32.2. The summed E-state index contributed by atoms with van der Waals surface area (Å²) in [6.07, 6.45) is 1.23. The van der Waals surface area contributed by atoms with E-state index in [-0.39, 0.29) is 5.91 Å². The predicted octanol–water partition coefficient (Wildman–Crippen LogP) is 0.115. The number of benzene rings is 1. The van der Waals surface area contributed by atoms with E-state index in [2.05, 4.69) is 0 Å². The molecule has 1 amide bonds. The highest BCUT2D eigenvalue weighted by Gasteiger charge is 2.30. The lowest BCUT2D eigenvalue weighted by Gasteiger charge is -2.35. The summed E-state index contributed by atoms with van der Waals surface area (Å²) >= 11 is 0. The zero-order valence-corrected chi connectivity index (χ0v) is 14.9. The first-order valence-electron chi connectivity index (χ1n) is 8.08. The van der Waals surface area contributed by atoms with Crippen LogP contribution >= 0.6 is 0 Å². The van der Waals surface area contributed by atoms with Crippen LogP contribution < -0.4 is 4.74 Å². The summed E-state index contributed by atoms with van der Waals surface area (Å²) in [5.74, 6) is 0.949. The first kappa shape index (κ1) is 17.2. The Hall–Kier alpha value is -1.64. The summed E-state index contributed by atoms with van der Waals surface area (Å²) in [6.45, 7) is 2.24. The average molecular weight is 353 g/mol. The summed E-state index contributed by atoms with van der Waals surface area (Å²) in [7, 11) is -0.363. The maximum absolute atomic E-state index is 12.5. The topological polar surface area (TPSA) is 70.2 Å². The van der Waals surface area contributed by atoms with Gasteiger partial charge in [0.2, 0.25) is 5.91 Å². The summed E-state index contributed by atoms with van der Waals surface area (Å²) in [5.41, 5.74) is 2.13. The summed E-state index contributed by atoms with van der Waals surface area (Å²) < 4.78 is 32.3. The van der Waals surface area contributed by atoms with E-state index in [4.69, 9.17) is 4.74 Å². The van der Waals surface area contributed by atoms with Crippen molar-refractivity contribution in [2.45, 2.75) is 12.8 Å². The van der Waals surface area contributed by atoms with Crippen molar-refractivity contribution in [1.29, 1.82) is 0 Å². The lowest BCUT2D eigenvalue weighted by molar-refractivity contribution is -0.131. The third kappa shape index (κ3) is 3.40. The molecule has 2 heterocycles. The Balaban J connectivity index is 1.58. The van der Waals surface area contributed by atoms with Crippen molar-refractivity contribution in [1.82, 2.24) is 13.5 Å². The van der Waals surface area contributed by atoms with Crippen LogP contribution in [0.3, 0.4) is 0 Å². The Morgan fingerprint density at radius 2 is 1.92 bits per heavy atom. The third-order valence-corrected chi connectivity index (χ3v) is 6.43. The van der Waals surface area contributed by atoms with Gasteiger partial charge in [-0.05, 0) is 17.2 Å². The van der Waals surface area contributed by atoms with E-state index in [9.17, 15) is 13.2 Å². The largest absolute Gasteiger partial charge is 0.493 e. The lowest BCUT2D eigenvalue weighted by atomic mass is 10.1. The van der Waals surface area contributed by atoms with E-state index in [1.54, 1.807) is 4.90 Å². The van der Waals surface area contributed by atoms with Crippen LogP contribution in [-0.2, 0) is 27.8 Å². The maximum Gasteiger partial charge on any atom is 0.281 e. The molecule has 0 atom stereocenters. The molecule has 1 saturated heterocycles. The van der Waals surface area contributed by atoms with Gasteiger partial charge in [0.1, 0.15) is 5.75 Å². The average Bonchev–Trinajstić information content (AvgIpc) is 3.02. The molecule has 1 aromatic carbocycles. The molecule has 0 spiro atoms. The fourth-order valence-electron chi connectivity index (χ4n) is 3.04. The van der Waals surface area contributed by atoms with Gasteiger partial charge in [-0.2, -0.15) is 17.0 Å². The zero-order valence-electron chi connectivity index (χ0n) is 14.1. The second-order valence-corrected chi connectivity index (χ2v) is 8.43. The van der Waals surface area contributed by atoms with E-state index >= 15 is 0 Å². The standard InChI is InChI=1S/C16H23N3O4S/c1-17(2)24(21,22)19-8-6-18(7-9-19)16(20)12-13-3-4-15-14(11-13)5-10-23-15/h3-4,11H,5-10,12H2,1-2H3. The highest BCUT2D eigenvalue weighted by molar-refractivity contribution is 7.86. The number of piperazine rings is 1. The Labute approximate surface area is 143 Å². The van der Waals surface area contributed by atoms with Gasteiger partial charge in [-0.25, -0.2) is 0 Å². The summed E-state index contributed by atoms with van der Waals surface area (Å²) in [6, 6.07) is 5.88. The zero-order chi connectivity index (χ0) is 17.3. The van der Waals surface area contributed by atoms with E-state index in [0.29, 0.717) is 39.2 Å². The fourth-order valence-corrected chi connectivity index (χ4v) is 4.12. The molecule has 0 radical (unpaired) electrons. The van der Waals surface area contributed by atoms with Gasteiger partial charge in [-0.3, -0.25) is 4.79 Å². The molecule has 0 saturated carbocycles. The first-order valence-corrected chi connectivity index (χ1v) is 9.47. The molecule has 0 N–H and O–H groups in total.